The van der Waals surface area contributed by atoms with E-state index in [1.165, 1.54) is 66.1 Å². The topological polar surface area (TPSA) is 33.0 Å². The van der Waals surface area contributed by atoms with Gasteiger partial charge in [-0.2, -0.15) is 0 Å². The summed E-state index contributed by atoms with van der Waals surface area (Å²) in [5.41, 5.74) is 13.6. The van der Waals surface area contributed by atoms with Crippen LogP contribution >= 0.6 is 0 Å². The summed E-state index contributed by atoms with van der Waals surface area (Å²) in [6.45, 7) is 7.56. The van der Waals surface area contributed by atoms with Gasteiger partial charge in [0.1, 0.15) is 23.8 Å². The van der Waals surface area contributed by atoms with Crippen molar-refractivity contribution in [3.05, 3.63) is 230 Å². The Morgan fingerprint density at radius 2 is 0.986 bits per heavy atom. The second-order valence-corrected chi connectivity index (χ2v) is 19.1. The molecule has 0 unspecified atom stereocenters. The van der Waals surface area contributed by atoms with E-state index in [9.17, 15) is 0 Å². The van der Waals surface area contributed by atoms with E-state index in [-0.39, 0.29) is 5.41 Å². The van der Waals surface area contributed by atoms with E-state index in [4.69, 9.17) is 9.72 Å². The summed E-state index contributed by atoms with van der Waals surface area (Å²) in [7, 11) is 0. The Bertz CT molecular complexity index is 3960. The van der Waals surface area contributed by atoms with Gasteiger partial charge >= 0.3 is 0 Å². The van der Waals surface area contributed by atoms with Gasteiger partial charge in [0, 0.05) is 56.7 Å². The number of hydrogen-bond donors (Lipinski definition) is 0. The van der Waals surface area contributed by atoms with E-state index in [0.29, 0.717) is 6.67 Å². The van der Waals surface area contributed by atoms with E-state index in [1.54, 1.807) is 0 Å². The number of fused-ring (bicyclic) bond motifs is 11. The molecule has 1 aliphatic rings. The maximum absolute atomic E-state index is 6.97. The highest BCUT2D eigenvalue weighted by molar-refractivity contribution is 6.24. The molecule has 330 valence electrons. The number of rotatable bonds is 6. The zero-order valence-corrected chi connectivity index (χ0v) is 38.8. The monoisotopic (exact) mass is 888 g/mol. The Morgan fingerprint density at radius 3 is 1.67 bits per heavy atom. The number of hydrogen-bond acceptors (Lipinski definition) is 4. The summed E-state index contributed by atoms with van der Waals surface area (Å²) in [5, 5.41) is 9.29. The lowest BCUT2D eigenvalue weighted by molar-refractivity contribution is 0.483. The van der Waals surface area contributed by atoms with Gasteiger partial charge in [-0.05, 0) is 86.1 Å². The van der Waals surface area contributed by atoms with Crippen molar-refractivity contribution in [1.29, 1.82) is 0 Å². The van der Waals surface area contributed by atoms with Crippen LogP contribution in [-0.4, -0.2) is 16.1 Å². The first-order valence-corrected chi connectivity index (χ1v) is 23.8. The third-order valence-electron chi connectivity index (χ3n) is 14.0. The Morgan fingerprint density at radius 1 is 0.435 bits per heavy atom. The largest absolute Gasteiger partial charge is 0.457 e. The summed E-state index contributed by atoms with van der Waals surface area (Å²) in [5.74, 6) is 1.51. The predicted octanol–water partition coefficient (Wildman–Crippen LogP) is 17.3. The van der Waals surface area contributed by atoms with Crippen LogP contribution in [0.4, 0.5) is 22.7 Å². The molecule has 3 aromatic heterocycles. The number of benzene rings is 9. The molecule has 1 aliphatic heterocycles. The van der Waals surface area contributed by atoms with Crippen LogP contribution in [0.2, 0.25) is 0 Å². The smallest absolute Gasteiger partial charge is 0.145 e. The average molecular weight is 889 g/mol. The molecule has 0 N–H and O–H groups in total. The number of pyridine rings is 1. The molecule has 0 atom stereocenters. The highest BCUT2D eigenvalue weighted by Gasteiger charge is 2.36. The van der Waals surface area contributed by atoms with Crippen molar-refractivity contribution in [1.82, 2.24) is 9.38 Å². The molecule has 0 bridgehead atoms. The lowest BCUT2D eigenvalue weighted by Gasteiger charge is -2.30. The summed E-state index contributed by atoms with van der Waals surface area (Å²) < 4.78 is 9.33. The van der Waals surface area contributed by atoms with Crippen LogP contribution in [0.15, 0.2) is 225 Å². The number of anilines is 4. The Balaban J connectivity index is 0.970. The van der Waals surface area contributed by atoms with E-state index in [2.05, 4.69) is 247 Å². The fraction of sp³-hybridized carbons (Fsp3) is 0.0781. The number of ether oxygens (including phenoxy) is 1. The molecule has 0 aliphatic carbocycles. The van der Waals surface area contributed by atoms with Gasteiger partial charge in [0.2, 0.25) is 0 Å². The van der Waals surface area contributed by atoms with Gasteiger partial charge in [-0.25, -0.2) is 4.98 Å². The van der Waals surface area contributed by atoms with Crippen LogP contribution in [0.3, 0.4) is 0 Å². The third-order valence-corrected chi connectivity index (χ3v) is 14.0. The third kappa shape index (κ3) is 6.64. The number of aromatic nitrogens is 2. The second-order valence-electron chi connectivity index (χ2n) is 19.1. The van der Waals surface area contributed by atoms with Gasteiger partial charge in [0.05, 0.1) is 28.1 Å². The number of nitrogens with zero attached hydrogens (tertiary/aromatic N) is 4. The average Bonchev–Trinajstić information content (AvgIpc) is 3.95. The summed E-state index contributed by atoms with van der Waals surface area (Å²) >= 11 is 0. The highest BCUT2D eigenvalue weighted by atomic mass is 16.5. The Hall–Kier alpha value is -8.67. The van der Waals surface area contributed by atoms with E-state index in [1.807, 2.05) is 12.3 Å². The molecule has 5 nitrogen and oxygen atoms in total. The SMILES string of the molecule is CC(C)(C)c1cccc2c1N(c1c(-c3ccccc3)cccc1-c1ccccc1)CN2c1cccc(Oc2ccc3c4cccc5c6ccccc6c6ccccc6c6cccnc6n(c3c2)c54)c1. The Kier molecular flexibility index (Phi) is 9.41. The Labute approximate surface area is 401 Å². The van der Waals surface area contributed by atoms with Crippen LogP contribution in [0.25, 0.3) is 82.0 Å². The van der Waals surface area contributed by atoms with Crippen molar-refractivity contribution in [2.75, 3.05) is 16.5 Å². The van der Waals surface area contributed by atoms with E-state index in [0.717, 1.165) is 55.7 Å². The summed E-state index contributed by atoms with van der Waals surface area (Å²) in [6, 6.07) is 78.6. The molecule has 9 aromatic carbocycles. The van der Waals surface area contributed by atoms with Crippen LogP contribution in [0.1, 0.15) is 26.3 Å². The van der Waals surface area contributed by atoms with Crippen LogP contribution in [0, 0.1) is 0 Å². The molecule has 12 aromatic rings. The second kappa shape index (κ2) is 16.0. The van der Waals surface area contributed by atoms with Gasteiger partial charge in [-0.3, -0.25) is 4.40 Å². The van der Waals surface area contributed by atoms with E-state index < -0.39 is 0 Å². The maximum atomic E-state index is 6.97. The summed E-state index contributed by atoms with van der Waals surface area (Å²) in [4.78, 5) is 10.2. The first-order chi connectivity index (χ1) is 33.9. The first kappa shape index (κ1) is 40.6. The van der Waals surface area contributed by atoms with Gasteiger partial charge in [-0.15, -0.1) is 0 Å². The van der Waals surface area contributed by atoms with Gasteiger partial charge in [0.15, 0.2) is 0 Å². The molecule has 0 radical (unpaired) electrons. The lowest BCUT2D eigenvalue weighted by atomic mass is 9.84. The molecule has 0 saturated heterocycles. The standard InChI is InChI=1S/C64H48N4O/c1-64(2,3)57-34-17-35-58-62(57)67(60-47(42-19-6-4-7-20-42)29-15-30-48(60)43-21-8-5-9-22-43)41-66(58)44-23-14-24-45(39-44)69-46-36-37-53-55-32-16-31-54-51-27-12-10-25-49(51)50-26-11-13-28-52(50)56-33-18-38-65-63(56)68(61(54)55)59(53)40-46/h4-40H,41H2,1-3H3. The molecule has 0 spiro atoms. The fourth-order valence-corrected chi connectivity index (χ4v) is 11.0. The molecule has 69 heavy (non-hydrogen) atoms. The zero-order chi connectivity index (χ0) is 46.2. The fourth-order valence-electron chi connectivity index (χ4n) is 11.0. The minimum absolute atomic E-state index is 0.123. The van der Waals surface area contributed by atoms with Crippen LogP contribution in [-0.2, 0) is 5.41 Å². The molecule has 4 heterocycles. The predicted molar refractivity (Wildman–Crippen MR) is 290 cm³/mol. The number of para-hydroxylation sites is 3. The quantitative estimate of drug-likeness (QED) is 0.167. The zero-order valence-electron chi connectivity index (χ0n) is 38.8. The van der Waals surface area contributed by atoms with Crippen molar-refractivity contribution in [2.24, 2.45) is 0 Å². The maximum Gasteiger partial charge on any atom is 0.145 e. The molecular formula is C64H48N4O. The molecule has 5 heteroatoms. The van der Waals surface area contributed by atoms with Crippen molar-refractivity contribution >= 4 is 82.5 Å². The van der Waals surface area contributed by atoms with E-state index >= 15 is 0 Å². The molecule has 13 rings (SSSR count). The molecule has 0 saturated carbocycles. The molecule has 0 amide bonds. The van der Waals surface area contributed by atoms with Gasteiger partial charge < -0.3 is 14.5 Å². The minimum atomic E-state index is -0.123. The van der Waals surface area contributed by atoms with Crippen molar-refractivity contribution in [2.45, 2.75) is 26.2 Å². The van der Waals surface area contributed by atoms with Crippen LogP contribution in [0.5, 0.6) is 11.5 Å². The molecular weight excluding hydrogens is 841 g/mol. The van der Waals surface area contributed by atoms with Crippen LogP contribution < -0.4 is 14.5 Å². The molecule has 0 fully saturated rings. The van der Waals surface area contributed by atoms with Crippen molar-refractivity contribution in [3.8, 4) is 33.8 Å². The lowest BCUT2D eigenvalue weighted by Crippen LogP contribution is -2.26. The van der Waals surface area contributed by atoms with Crippen molar-refractivity contribution in [3.63, 3.8) is 0 Å². The highest BCUT2D eigenvalue weighted by Crippen LogP contribution is 2.53. The van der Waals surface area contributed by atoms with Gasteiger partial charge in [-0.1, -0.05) is 185 Å². The van der Waals surface area contributed by atoms with Gasteiger partial charge in [0.25, 0.3) is 0 Å². The normalized spacial score (nSPS) is 12.7. The minimum Gasteiger partial charge on any atom is -0.457 e. The first-order valence-electron chi connectivity index (χ1n) is 23.8. The van der Waals surface area contributed by atoms with Crippen molar-refractivity contribution < 1.29 is 4.74 Å². The summed E-state index contributed by atoms with van der Waals surface area (Å²) in [6.07, 6.45) is 1.91.